The number of hydrogen-bond acceptors (Lipinski definition) is 4. The van der Waals surface area contributed by atoms with Gasteiger partial charge in [0, 0.05) is 12.8 Å². The van der Waals surface area contributed by atoms with Crippen LogP contribution in [0.1, 0.15) is 25.0 Å². The van der Waals surface area contributed by atoms with E-state index < -0.39 is 42.0 Å². The van der Waals surface area contributed by atoms with E-state index in [2.05, 4.69) is 0 Å². The summed E-state index contributed by atoms with van der Waals surface area (Å²) in [7, 11) is 0. The summed E-state index contributed by atoms with van der Waals surface area (Å²) in [6.07, 6.45) is -9.37. The molecule has 3 rings (SSSR count). The Morgan fingerprint density at radius 1 is 0.966 bits per heavy atom. The average molecular weight is 408 g/mol. The monoisotopic (exact) mass is 408 g/mol. The van der Waals surface area contributed by atoms with Crippen molar-refractivity contribution in [3.05, 3.63) is 71.8 Å². The topological polar surface area (TPSA) is 55.8 Å². The summed E-state index contributed by atoms with van der Waals surface area (Å²) in [6, 6.07) is 16.5. The second-order valence-corrected chi connectivity index (χ2v) is 7.69. The number of Topliss-reactive ketones (excluding diaryl/α,β-unsaturated/α-hetero) is 1. The first-order chi connectivity index (χ1) is 13.5. The Hall–Kier alpha value is -2.22. The van der Waals surface area contributed by atoms with Gasteiger partial charge in [-0.05, 0) is 25.0 Å². The second-order valence-electron chi connectivity index (χ2n) is 7.69. The number of carbonyl (C=O) groups is 1. The summed E-state index contributed by atoms with van der Waals surface area (Å²) in [5.74, 6) is -2.03. The Labute approximate surface area is 167 Å². The molecule has 1 fully saturated rings. The van der Waals surface area contributed by atoms with Crippen molar-refractivity contribution in [1.82, 2.24) is 0 Å². The highest BCUT2D eigenvalue weighted by molar-refractivity contribution is 5.86. The molecule has 0 spiro atoms. The predicted octanol–water partition coefficient (Wildman–Crippen LogP) is 3.85. The normalized spacial score (nSPS) is 23.5. The van der Waals surface area contributed by atoms with Gasteiger partial charge in [-0.3, -0.25) is 4.79 Å². The lowest BCUT2D eigenvalue weighted by atomic mass is 9.83. The molecule has 0 amide bonds. The molecule has 1 aliphatic heterocycles. The van der Waals surface area contributed by atoms with Crippen molar-refractivity contribution in [2.45, 2.75) is 56.5 Å². The Kier molecular flexibility index (Phi) is 5.85. The molecule has 0 unspecified atom stereocenters. The predicted molar refractivity (Wildman–Crippen MR) is 100 cm³/mol. The molecule has 0 aromatic heterocycles. The largest absolute Gasteiger partial charge is 0.420 e. The molecule has 156 valence electrons. The lowest BCUT2D eigenvalue weighted by molar-refractivity contribution is -0.298. The Bertz CT molecular complexity index is 836. The molecule has 3 atom stereocenters. The quantitative estimate of drug-likeness (QED) is 0.789. The summed E-state index contributed by atoms with van der Waals surface area (Å²) >= 11 is 0. The van der Waals surface area contributed by atoms with E-state index in [0.29, 0.717) is 5.56 Å². The van der Waals surface area contributed by atoms with E-state index in [1.165, 1.54) is 26.0 Å². The van der Waals surface area contributed by atoms with Crippen LogP contribution in [0.4, 0.5) is 13.2 Å². The minimum absolute atomic E-state index is 0.124. The van der Waals surface area contributed by atoms with Crippen LogP contribution >= 0.6 is 0 Å². The van der Waals surface area contributed by atoms with Crippen LogP contribution < -0.4 is 0 Å². The van der Waals surface area contributed by atoms with Crippen molar-refractivity contribution in [2.75, 3.05) is 0 Å². The number of ether oxygens (including phenoxy) is 2. The second kappa shape index (κ2) is 7.89. The van der Waals surface area contributed by atoms with Crippen molar-refractivity contribution in [1.29, 1.82) is 0 Å². The number of rotatable bonds is 6. The molecule has 1 saturated heterocycles. The molecular weight excluding hydrogens is 385 g/mol. The van der Waals surface area contributed by atoms with Crippen molar-refractivity contribution < 1.29 is 32.5 Å². The van der Waals surface area contributed by atoms with Crippen LogP contribution in [0.5, 0.6) is 0 Å². The molecule has 1 heterocycles. The first kappa shape index (κ1) is 21.5. The van der Waals surface area contributed by atoms with Gasteiger partial charge in [-0.1, -0.05) is 60.7 Å². The minimum Gasteiger partial charge on any atom is -0.378 e. The maximum absolute atomic E-state index is 14.1. The van der Waals surface area contributed by atoms with Gasteiger partial charge in [0.25, 0.3) is 0 Å². The highest BCUT2D eigenvalue weighted by atomic mass is 19.4. The number of benzene rings is 2. The van der Waals surface area contributed by atoms with Crippen LogP contribution in [0.15, 0.2) is 60.7 Å². The van der Waals surface area contributed by atoms with Gasteiger partial charge in [-0.15, -0.1) is 0 Å². The maximum atomic E-state index is 14.1. The van der Waals surface area contributed by atoms with Crippen molar-refractivity contribution in [3.8, 4) is 0 Å². The summed E-state index contributed by atoms with van der Waals surface area (Å²) in [4.78, 5) is 12.9. The third kappa shape index (κ3) is 4.69. The van der Waals surface area contributed by atoms with Gasteiger partial charge in [-0.25, -0.2) is 0 Å². The fourth-order valence-electron chi connectivity index (χ4n) is 3.51. The van der Waals surface area contributed by atoms with Gasteiger partial charge >= 0.3 is 6.18 Å². The number of aliphatic hydroxyl groups is 1. The SMILES string of the molecule is CC1(C)O[C@@H]([C@](O)(Cc2ccccc2)C(F)(F)F)[C@H](C(=O)Cc2ccccc2)O1. The van der Waals surface area contributed by atoms with E-state index in [0.717, 1.165) is 0 Å². The van der Waals surface area contributed by atoms with Crippen LogP contribution in [0, 0.1) is 0 Å². The lowest BCUT2D eigenvalue weighted by Gasteiger charge is -2.37. The van der Waals surface area contributed by atoms with Gasteiger partial charge in [-0.2, -0.15) is 13.2 Å². The van der Waals surface area contributed by atoms with E-state index in [-0.39, 0.29) is 12.0 Å². The van der Waals surface area contributed by atoms with Crippen molar-refractivity contribution >= 4 is 5.78 Å². The van der Waals surface area contributed by atoms with Crippen LogP contribution in [0.3, 0.4) is 0 Å². The fraction of sp³-hybridized carbons (Fsp3) is 0.409. The number of hydrogen-bond donors (Lipinski definition) is 1. The summed E-state index contributed by atoms with van der Waals surface area (Å²) in [6.45, 7) is 2.85. The van der Waals surface area contributed by atoms with Crippen LogP contribution in [-0.2, 0) is 27.1 Å². The molecule has 29 heavy (non-hydrogen) atoms. The molecule has 7 heteroatoms. The molecule has 2 aromatic carbocycles. The fourth-order valence-corrected chi connectivity index (χ4v) is 3.51. The summed E-state index contributed by atoms with van der Waals surface area (Å²) < 4.78 is 53.2. The van der Waals surface area contributed by atoms with Crippen LogP contribution in [-0.4, -0.2) is 40.7 Å². The molecule has 1 aliphatic rings. The number of halogens is 3. The van der Waals surface area contributed by atoms with Gasteiger partial charge < -0.3 is 14.6 Å². The standard InChI is InChI=1S/C22H23F3O4/c1-20(2)28-18(17(26)13-15-9-5-3-6-10-15)19(29-20)21(27,22(23,24)25)14-16-11-7-4-8-12-16/h3-12,18-19,27H,13-14H2,1-2H3/t18-,19+,21+/m0/s1. The van der Waals surface area contributed by atoms with E-state index in [4.69, 9.17) is 9.47 Å². The molecule has 0 bridgehead atoms. The molecule has 1 N–H and O–H groups in total. The Balaban J connectivity index is 1.94. The number of ketones is 1. The Morgan fingerprint density at radius 2 is 1.48 bits per heavy atom. The van der Waals surface area contributed by atoms with Gasteiger partial charge in [0.05, 0.1) is 0 Å². The van der Waals surface area contributed by atoms with Crippen LogP contribution in [0.2, 0.25) is 0 Å². The minimum atomic E-state index is -5.04. The molecule has 4 nitrogen and oxygen atoms in total. The summed E-state index contributed by atoms with van der Waals surface area (Å²) in [5, 5.41) is 10.8. The third-order valence-electron chi connectivity index (χ3n) is 4.91. The average Bonchev–Trinajstić information content (AvgIpc) is 2.99. The van der Waals surface area contributed by atoms with E-state index in [1.54, 1.807) is 48.5 Å². The molecule has 0 radical (unpaired) electrons. The van der Waals surface area contributed by atoms with Gasteiger partial charge in [0.1, 0.15) is 12.2 Å². The highest BCUT2D eigenvalue weighted by Gasteiger charge is 2.66. The van der Waals surface area contributed by atoms with Gasteiger partial charge in [0.2, 0.25) is 0 Å². The zero-order valence-corrected chi connectivity index (χ0v) is 16.1. The number of carbonyl (C=O) groups excluding carboxylic acids is 1. The van der Waals surface area contributed by atoms with Crippen molar-refractivity contribution in [3.63, 3.8) is 0 Å². The van der Waals surface area contributed by atoms with Gasteiger partial charge in [0.15, 0.2) is 17.2 Å². The third-order valence-corrected chi connectivity index (χ3v) is 4.91. The first-order valence-corrected chi connectivity index (χ1v) is 9.27. The zero-order valence-electron chi connectivity index (χ0n) is 16.1. The van der Waals surface area contributed by atoms with Crippen molar-refractivity contribution in [2.24, 2.45) is 0 Å². The molecule has 0 saturated carbocycles. The molecule has 2 aromatic rings. The molecular formula is C22H23F3O4. The highest BCUT2D eigenvalue weighted by Crippen LogP contribution is 2.44. The lowest BCUT2D eigenvalue weighted by Crippen LogP contribution is -2.60. The van der Waals surface area contributed by atoms with Crippen LogP contribution in [0.25, 0.3) is 0 Å². The maximum Gasteiger partial charge on any atom is 0.420 e. The summed E-state index contributed by atoms with van der Waals surface area (Å²) in [5.41, 5.74) is -2.38. The number of alkyl halides is 3. The Morgan fingerprint density at radius 3 is 2.00 bits per heavy atom. The molecule has 0 aliphatic carbocycles. The van der Waals surface area contributed by atoms with E-state index in [9.17, 15) is 23.1 Å². The van der Waals surface area contributed by atoms with E-state index >= 15 is 0 Å². The zero-order chi connectivity index (χ0) is 21.3. The smallest absolute Gasteiger partial charge is 0.378 e. The van der Waals surface area contributed by atoms with E-state index in [1.807, 2.05) is 0 Å². The first-order valence-electron chi connectivity index (χ1n) is 9.27.